The maximum atomic E-state index is 5.57. The van der Waals surface area contributed by atoms with Crippen molar-refractivity contribution in [2.75, 3.05) is 24.7 Å². The van der Waals surface area contributed by atoms with Gasteiger partial charge >= 0.3 is 0 Å². The molecule has 0 aromatic heterocycles. The molecule has 0 radical (unpaired) electrons. The number of fused-ring (bicyclic) bond motifs is 1. The normalized spacial score (nSPS) is 16.6. The molecule has 0 aliphatic carbocycles. The molecular formula is C16H16O2S. The minimum absolute atomic E-state index is 0.474. The first-order valence-electron chi connectivity index (χ1n) is 6.18. The number of ether oxygens (including phenoxy) is 2. The monoisotopic (exact) mass is 272 g/mol. The van der Waals surface area contributed by atoms with Crippen LogP contribution >= 0.6 is 11.8 Å². The molecule has 1 aliphatic heterocycles. The Kier molecular flexibility index (Phi) is 6.40. The van der Waals surface area contributed by atoms with Crippen molar-refractivity contribution in [2.45, 2.75) is 13.2 Å². The first-order valence-corrected chi connectivity index (χ1v) is 7.34. The first-order chi connectivity index (χ1) is 9.47. The van der Waals surface area contributed by atoms with Crippen molar-refractivity contribution in [1.29, 1.82) is 0 Å². The van der Waals surface area contributed by atoms with E-state index in [9.17, 15) is 0 Å². The highest BCUT2D eigenvalue weighted by atomic mass is 32.2. The molecule has 1 heterocycles. The van der Waals surface area contributed by atoms with Crippen LogP contribution in [0.1, 0.15) is 11.1 Å². The van der Waals surface area contributed by atoms with Crippen molar-refractivity contribution < 1.29 is 9.47 Å². The summed E-state index contributed by atoms with van der Waals surface area (Å²) >= 11 is 1.71. The summed E-state index contributed by atoms with van der Waals surface area (Å²) in [5.41, 5.74) is 2.31. The third-order valence-corrected chi connectivity index (χ3v) is 3.28. The van der Waals surface area contributed by atoms with Gasteiger partial charge in [0, 0.05) is 0 Å². The third kappa shape index (κ3) is 5.41. The third-order valence-electron chi connectivity index (χ3n) is 2.58. The summed E-state index contributed by atoms with van der Waals surface area (Å²) in [6, 6.07) is 8.15. The van der Waals surface area contributed by atoms with Crippen molar-refractivity contribution in [3.8, 4) is 23.7 Å². The summed E-state index contributed by atoms with van der Waals surface area (Å²) in [6.45, 7) is 2.10. The Morgan fingerprint density at radius 2 is 1.32 bits per heavy atom. The fourth-order valence-corrected chi connectivity index (χ4v) is 2.13. The van der Waals surface area contributed by atoms with Crippen LogP contribution in [0.15, 0.2) is 24.3 Å². The Balaban J connectivity index is 2.01. The Bertz CT molecular complexity index is 470. The van der Waals surface area contributed by atoms with Gasteiger partial charge in [0.15, 0.2) is 0 Å². The van der Waals surface area contributed by atoms with Gasteiger partial charge in [-0.05, 0) is 11.1 Å². The lowest BCUT2D eigenvalue weighted by Gasteiger charge is -2.08. The molecule has 0 fully saturated rings. The van der Waals surface area contributed by atoms with E-state index in [2.05, 4.69) is 35.8 Å². The minimum Gasteiger partial charge on any atom is -0.364 e. The number of hydrogen-bond donors (Lipinski definition) is 0. The van der Waals surface area contributed by atoms with Crippen LogP contribution in [0.4, 0.5) is 0 Å². The van der Waals surface area contributed by atoms with Gasteiger partial charge in [0.2, 0.25) is 0 Å². The summed E-state index contributed by atoms with van der Waals surface area (Å²) in [7, 11) is 0. The molecule has 3 heteroatoms. The van der Waals surface area contributed by atoms with Crippen LogP contribution in [0.3, 0.4) is 0 Å². The lowest BCUT2D eigenvalue weighted by atomic mass is 10.1. The first kappa shape index (κ1) is 14.0. The number of hydrogen-bond acceptors (Lipinski definition) is 3. The molecule has 0 atom stereocenters. The summed E-state index contributed by atoms with van der Waals surface area (Å²) in [6.07, 6.45) is 0. The molecule has 0 saturated carbocycles. The second kappa shape index (κ2) is 8.67. The lowest BCUT2D eigenvalue weighted by molar-refractivity contribution is 0.138. The average Bonchev–Trinajstić information content (AvgIpc) is 2.45. The van der Waals surface area contributed by atoms with Crippen LogP contribution < -0.4 is 0 Å². The Morgan fingerprint density at radius 3 is 1.84 bits per heavy atom. The maximum absolute atomic E-state index is 5.57. The standard InChI is InChI=1S/C16H16O2S/c1-2-8-16-14-18-10-4-6-12-19-11-5-3-9-17-13-15(16)7-1/h1-2,7-8H,9-14H2. The molecule has 1 aromatic rings. The zero-order valence-corrected chi connectivity index (χ0v) is 11.6. The zero-order valence-electron chi connectivity index (χ0n) is 10.8. The Hall–Kier alpha value is -1.39. The van der Waals surface area contributed by atoms with Crippen molar-refractivity contribution in [3.05, 3.63) is 35.4 Å². The topological polar surface area (TPSA) is 18.5 Å². The maximum Gasteiger partial charge on any atom is 0.108 e. The minimum atomic E-state index is 0.474. The van der Waals surface area contributed by atoms with E-state index in [4.69, 9.17) is 9.47 Å². The van der Waals surface area contributed by atoms with E-state index in [0.29, 0.717) is 26.4 Å². The second-order valence-electron chi connectivity index (χ2n) is 3.95. The molecular weight excluding hydrogens is 256 g/mol. The predicted molar refractivity (Wildman–Crippen MR) is 78.6 cm³/mol. The van der Waals surface area contributed by atoms with E-state index in [-0.39, 0.29) is 0 Å². The Morgan fingerprint density at radius 1 is 0.789 bits per heavy atom. The molecule has 1 aliphatic rings. The van der Waals surface area contributed by atoms with Gasteiger partial charge in [0.1, 0.15) is 13.2 Å². The summed E-state index contributed by atoms with van der Waals surface area (Å²) in [4.78, 5) is 0. The van der Waals surface area contributed by atoms with Crippen LogP contribution in [0.25, 0.3) is 0 Å². The number of thioether (sulfide) groups is 1. The smallest absolute Gasteiger partial charge is 0.108 e. The van der Waals surface area contributed by atoms with Crippen molar-refractivity contribution in [3.63, 3.8) is 0 Å². The van der Waals surface area contributed by atoms with Gasteiger partial charge in [-0.1, -0.05) is 47.9 Å². The van der Waals surface area contributed by atoms with Crippen molar-refractivity contribution in [2.24, 2.45) is 0 Å². The molecule has 98 valence electrons. The van der Waals surface area contributed by atoms with E-state index < -0.39 is 0 Å². The fourth-order valence-electron chi connectivity index (χ4n) is 1.62. The van der Waals surface area contributed by atoms with Gasteiger partial charge in [-0.15, -0.1) is 11.8 Å². The van der Waals surface area contributed by atoms with Crippen LogP contribution in [-0.4, -0.2) is 24.7 Å². The molecule has 0 spiro atoms. The molecule has 2 nitrogen and oxygen atoms in total. The van der Waals surface area contributed by atoms with Crippen molar-refractivity contribution in [1.82, 2.24) is 0 Å². The average molecular weight is 272 g/mol. The fraction of sp³-hybridized carbons (Fsp3) is 0.375. The van der Waals surface area contributed by atoms with Crippen LogP contribution in [-0.2, 0) is 22.7 Å². The van der Waals surface area contributed by atoms with Crippen LogP contribution in [0.5, 0.6) is 0 Å². The molecule has 19 heavy (non-hydrogen) atoms. The van der Waals surface area contributed by atoms with E-state index in [1.54, 1.807) is 11.8 Å². The van der Waals surface area contributed by atoms with Gasteiger partial charge in [0.25, 0.3) is 0 Å². The largest absolute Gasteiger partial charge is 0.364 e. The summed E-state index contributed by atoms with van der Waals surface area (Å²) in [5.74, 6) is 13.8. The highest BCUT2D eigenvalue weighted by Crippen LogP contribution is 2.11. The highest BCUT2D eigenvalue weighted by molar-refractivity contribution is 7.99. The summed E-state index contributed by atoms with van der Waals surface area (Å²) in [5, 5.41) is 0. The Labute approximate surface area is 118 Å². The van der Waals surface area contributed by atoms with Gasteiger partial charge in [0.05, 0.1) is 24.7 Å². The zero-order chi connectivity index (χ0) is 13.2. The predicted octanol–water partition coefficient (Wildman–Crippen LogP) is 2.47. The lowest BCUT2D eigenvalue weighted by Crippen LogP contribution is -2.01. The van der Waals surface area contributed by atoms with Crippen molar-refractivity contribution >= 4 is 11.8 Å². The molecule has 2 rings (SSSR count). The molecule has 0 bridgehead atoms. The van der Waals surface area contributed by atoms with Gasteiger partial charge in [-0.25, -0.2) is 0 Å². The van der Waals surface area contributed by atoms with Gasteiger partial charge < -0.3 is 9.47 Å². The summed E-state index contributed by atoms with van der Waals surface area (Å²) < 4.78 is 11.1. The number of benzene rings is 1. The van der Waals surface area contributed by atoms with E-state index >= 15 is 0 Å². The molecule has 0 unspecified atom stereocenters. The number of rotatable bonds is 0. The molecule has 0 amide bonds. The van der Waals surface area contributed by atoms with E-state index in [0.717, 1.165) is 22.6 Å². The van der Waals surface area contributed by atoms with E-state index in [1.165, 1.54) is 0 Å². The molecule has 1 aromatic carbocycles. The van der Waals surface area contributed by atoms with Crippen LogP contribution in [0.2, 0.25) is 0 Å². The van der Waals surface area contributed by atoms with E-state index in [1.807, 2.05) is 12.1 Å². The molecule has 0 saturated heterocycles. The molecule has 0 N–H and O–H groups in total. The quantitative estimate of drug-likeness (QED) is 0.676. The van der Waals surface area contributed by atoms with Crippen LogP contribution in [0, 0.1) is 23.7 Å². The van der Waals surface area contributed by atoms with Gasteiger partial charge in [-0.3, -0.25) is 0 Å². The second-order valence-corrected chi connectivity index (χ2v) is 4.94. The SMILES string of the molecule is C1#CCSCC#CCOCc2ccccc2COC1. The van der Waals surface area contributed by atoms with Gasteiger partial charge in [-0.2, -0.15) is 0 Å². The highest BCUT2D eigenvalue weighted by Gasteiger charge is 2.01.